The first-order chi connectivity index (χ1) is 16.5. The maximum atomic E-state index is 15.1. The summed E-state index contributed by atoms with van der Waals surface area (Å²) in [4.78, 5) is 4.22. The molecule has 2 N–H and O–H groups in total. The van der Waals surface area contributed by atoms with Gasteiger partial charge in [0.05, 0.1) is 18.4 Å². The van der Waals surface area contributed by atoms with Crippen molar-refractivity contribution in [2.75, 3.05) is 12.3 Å². The SMILES string of the molecule is Cn1cc(-c2cnc(N)c(-c3nnnn3-c3ccc(OCCC4CCCC4)c(F)c3F)c2)cn1. The molecule has 0 saturated heterocycles. The van der Waals surface area contributed by atoms with E-state index in [-0.39, 0.29) is 23.1 Å². The van der Waals surface area contributed by atoms with Crippen LogP contribution in [0.4, 0.5) is 14.6 Å². The number of ether oxygens (including phenoxy) is 1. The van der Waals surface area contributed by atoms with E-state index in [1.165, 1.54) is 37.8 Å². The molecule has 0 spiro atoms. The quantitative estimate of drug-likeness (QED) is 0.439. The van der Waals surface area contributed by atoms with Crippen LogP contribution in [0, 0.1) is 17.6 Å². The van der Waals surface area contributed by atoms with Crippen LogP contribution in [0.25, 0.3) is 28.2 Å². The standard InChI is InChI=1S/C23H24F2N8O/c1-32-13-16(12-28-32)15-10-17(22(26)27-11-15)23-29-30-31-33(23)18-6-7-19(21(25)20(18)24)34-9-8-14-4-2-3-5-14/h6-7,10-14H,2-5,8-9H2,1H3,(H2,26,27). The highest BCUT2D eigenvalue weighted by molar-refractivity contribution is 5.76. The molecule has 0 radical (unpaired) electrons. The van der Waals surface area contributed by atoms with Crippen LogP contribution in [-0.4, -0.2) is 41.6 Å². The van der Waals surface area contributed by atoms with Crippen LogP contribution in [0.3, 0.4) is 0 Å². The lowest BCUT2D eigenvalue weighted by Crippen LogP contribution is -2.09. The number of halogens is 2. The molecule has 3 heterocycles. The first kappa shape index (κ1) is 21.9. The van der Waals surface area contributed by atoms with E-state index >= 15 is 4.39 Å². The molecule has 4 aromatic rings. The molecule has 0 unspecified atom stereocenters. The van der Waals surface area contributed by atoms with Crippen molar-refractivity contribution in [1.82, 2.24) is 35.0 Å². The Hall–Kier alpha value is -3.89. The molecular formula is C23H24F2N8O. The van der Waals surface area contributed by atoms with Gasteiger partial charge < -0.3 is 10.5 Å². The Morgan fingerprint density at radius 2 is 1.94 bits per heavy atom. The number of pyridine rings is 1. The number of hydrogen-bond donors (Lipinski definition) is 1. The normalized spacial score (nSPS) is 14.1. The van der Waals surface area contributed by atoms with Crippen LogP contribution in [-0.2, 0) is 7.05 Å². The maximum Gasteiger partial charge on any atom is 0.202 e. The topological polar surface area (TPSA) is 110 Å². The summed E-state index contributed by atoms with van der Waals surface area (Å²) in [6.45, 7) is 0.347. The van der Waals surface area contributed by atoms with Gasteiger partial charge in [0.15, 0.2) is 17.4 Å². The number of aryl methyl sites for hydroxylation is 1. The van der Waals surface area contributed by atoms with Crippen LogP contribution >= 0.6 is 0 Å². The Balaban J connectivity index is 1.43. The highest BCUT2D eigenvalue weighted by Gasteiger charge is 2.22. The largest absolute Gasteiger partial charge is 0.490 e. The summed E-state index contributed by atoms with van der Waals surface area (Å²) >= 11 is 0. The van der Waals surface area contributed by atoms with Gasteiger partial charge in [0.2, 0.25) is 5.82 Å². The van der Waals surface area contributed by atoms with Crippen LogP contribution in [0.1, 0.15) is 32.1 Å². The molecule has 176 valence electrons. The first-order valence-electron chi connectivity index (χ1n) is 11.2. The van der Waals surface area contributed by atoms with E-state index in [0.29, 0.717) is 18.1 Å². The fourth-order valence-corrected chi connectivity index (χ4v) is 4.33. The lowest BCUT2D eigenvalue weighted by atomic mass is 10.1. The Bertz CT molecular complexity index is 1310. The van der Waals surface area contributed by atoms with Gasteiger partial charge in [-0.3, -0.25) is 4.68 Å². The molecule has 11 heteroatoms. The summed E-state index contributed by atoms with van der Waals surface area (Å²) in [6.07, 6.45) is 10.7. The van der Waals surface area contributed by atoms with E-state index in [2.05, 4.69) is 25.6 Å². The molecule has 1 aromatic carbocycles. The fourth-order valence-electron chi connectivity index (χ4n) is 4.33. The Morgan fingerprint density at radius 3 is 2.71 bits per heavy atom. The predicted molar refractivity (Wildman–Crippen MR) is 121 cm³/mol. The van der Waals surface area contributed by atoms with E-state index < -0.39 is 11.6 Å². The van der Waals surface area contributed by atoms with E-state index in [1.807, 2.05) is 6.20 Å². The molecule has 1 aliphatic rings. The zero-order valence-corrected chi connectivity index (χ0v) is 18.7. The molecule has 0 amide bonds. The van der Waals surface area contributed by atoms with Gasteiger partial charge in [-0.05, 0) is 41.0 Å². The number of nitrogens with zero attached hydrogens (tertiary/aromatic N) is 7. The lowest BCUT2D eigenvalue weighted by Gasteiger charge is -2.13. The van der Waals surface area contributed by atoms with Gasteiger partial charge in [-0.1, -0.05) is 25.7 Å². The zero-order valence-electron chi connectivity index (χ0n) is 18.7. The average Bonchev–Trinajstić information content (AvgIpc) is 3.60. The highest BCUT2D eigenvalue weighted by atomic mass is 19.2. The number of tetrazole rings is 1. The van der Waals surface area contributed by atoms with E-state index in [1.54, 1.807) is 30.2 Å². The highest BCUT2D eigenvalue weighted by Crippen LogP contribution is 2.32. The molecule has 0 bridgehead atoms. The van der Waals surface area contributed by atoms with Crippen molar-refractivity contribution in [1.29, 1.82) is 0 Å². The van der Waals surface area contributed by atoms with Gasteiger partial charge in [-0.25, -0.2) is 9.37 Å². The number of hydrogen-bond acceptors (Lipinski definition) is 7. The second-order valence-electron chi connectivity index (χ2n) is 8.47. The maximum absolute atomic E-state index is 15.1. The summed E-state index contributed by atoms with van der Waals surface area (Å²) in [6, 6.07) is 4.51. The van der Waals surface area contributed by atoms with Crippen molar-refractivity contribution in [3.8, 4) is 34.0 Å². The summed E-state index contributed by atoms with van der Waals surface area (Å²) < 4.78 is 38.2. The number of nitrogen functional groups attached to an aromatic ring is 1. The van der Waals surface area contributed by atoms with Crippen molar-refractivity contribution >= 4 is 5.82 Å². The number of nitrogens with two attached hydrogens (primary N) is 1. The molecule has 1 fully saturated rings. The third kappa shape index (κ3) is 4.20. The second-order valence-corrected chi connectivity index (χ2v) is 8.47. The van der Waals surface area contributed by atoms with E-state index in [0.717, 1.165) is 22.2 Å². The first-order valence-corrected chi connectivity index (χ1v) is 11.2. The third-order valence-electron chi connectivity index (χ3n) is 6.18. The molecule has 34 heavy (non-hydrogen) atoms. The van der Waals surface area contributed by atoms with Crippen LogP contribution in [0.5, 0.6) is 5.75 Å². The van der Waals surface area contributed by atoms with Crippen molar-refractivity contribution < 1.29 is 13.5 Å². The van der Waals surface area contributed by atoms with Crippen molar-refractivity contribution in [3.63, 3.8) is 0 Å². The minimum atomic E-state index is -1.11. The summed E-state index contributed by atoms with van der Waals surface area (Å²) in [5.41, 5.74) is 7.84. The zero-order chi connectivity index (χ0) is 23.7. The van der Waals surface area contributed by atoms with Crippen LogP contribution in [0.15, 0.2) is 36.8 Å². The lowest BCUT2D eigenvalue weighted by molar-refractivity contribution is 0.264. The monoisotopic (exact) mass is 466 g/mol. The number of anilines is 1. The molecule has 9 nitrogen and oxygen atoms in total. The van der Waals surface area contributed by atoms with Crippen LogP contribution in [0.2, 0.25) is 0 Å². The third-order valence-corrected chi connectivity index (χ3v) is 6.18. The van der Waals surface area contributed by atoms with Gasteiger partial charge in [0.1, 0.15) is 11.5 Å². The summed E-state index contributed by atoms with van der Waals surface area (Å²) in [7, 11) is 1.80. The minimum Gasteiger partial charge on any atom is -0.490 e. The van der Waals surface area contributed by atoms with Gasteiger partial charge in [0, 0.05) is 30.6 Å². The Kier molecular flexibility index (Phi) is 5.91. The number of rotatable bonds is 7. The molecule has 0 atom stereocenters. The van der Waals surface area contributed by atoms with Gasteiger partial charge in [0.25, 0.3) is 0 Å². The van der Waals surface area contributed by atoms with Gasteiger partial charge in [-0.2, -0.15) is 14.2 Å². The number of benzene rings is 1. The van der Waals surface area contributed by atoms with E-state index in [9.17, 15) is 4.39 Å². The van der Waals surface area contributed by atoms with Crippen molar-refractivity contribution in [3.05, 3.63) is 48.4 Å². The smallest absolute Gasteiger partial charge is 0.202 e. The summed E-state index contributed by atoms with van der Waals surface area (Å²) in [5.74, 6) is -1.45. The molecule has 0 aliphatic heterocycles. The van der Waals surface area contributed by atoms with Gasteiger partial charge >= 0.3 is 0 Å². The Morgan fingerprint density at radius 1 is 1.12 bits per heavy atom. The van der Waals surface area contributed by atoms with Crippen LogP contribution < -0.4 is 10.5 Å². The fraction of sp³-hybridized carbons (Fsp3) is 0.348. The molecule has 1 aliphatic carbocycles. The molecule has 1 saturated carbocycles. The van der Waals surface area contributed by atoms with Gasteiger partial charge in [-0.15, -0.1) is 5.10 Å². The van der Waals surface area contributed by atoms with Crippen molar-refractivity contribution in [2.45, 2.75) is 32.1 Å². The number of aromatic nitrogens is 7. The van der Waals surface area contributed by atoms with Crippen molar-refractivity contribution in [2.24, 2.45) is 13.0 Å². The predicted octanol–water partition coefficient (Wildman–Crippen LogP) is 3.94. The molecular weight excluding hydrogens is 442 g/mol. The average molecular weight is 466 g/mol. The molecule has 3 aromatic heterocycles. The van der Waals surface area contributed by atoms with E-state index in [4.69, 9.17) is 10.5 Å². The second kappa shape index (κ2) is 9.16. The summed E-state index contributed by atoms with van der Waals surface area (Å²) in [5, 5.41) is 15.7. The Labute approximate surface area is 194 Å². The molecule has 5 rings (SSSR count). The minimum absolute atomic E-state index is 0.129.